The predicted octanol–water partition coefficient (Wildman–Crippen LogP) is -0.241. The van der Waals surface area contributed by atoms with Gasteiger partial charge in [0, 0.05) is 6.61 Å². The lowest BCUT2D eigenvalue weighted by atomic mass is 10.1. The first-order valence-corrected chi connectivity index (χ1v) is 4.56. The highest BCUT2D eigenvalue weighted by molar-refractivity contribution is 7.74. The van der Waals surface area contributed by atoms with Crippen molar-refractivity contribution in [2.24, 2.45) is 5.92 Å². The van der Waals surface area contributed by atoms with Gasteiger partial charge in [-0.25, -0.2) is 8.42 Å². The van der Waals surface area contributed by atoms with E-state index in [1.807, 2.05) is 0 Å². The maximum atomic E-state index is 10.6. The lowest BCUT2D eigenvalue weighted by Crippen LogP contribution is -2.24. The fourth-order valence-corrected chi connectivity index (χ4v) is 2.07. The molecule has 3 nitrogen and oxygen atoms in total. The summed E-state index contributed by atoms with van der Waals surface area (Å²) in [5.74, 6) is -0.0892. The quantitative estimate of drug-likeness (QED) is 0.566. The molecule has 60 valence electrons. The number of thiol groups is 1. The van der Waals surface area contributed by atoms with Crippen LogP contribution in [0.4, 0.5) is 0 Å². The molecule has 1 atom stereocenters. The monoisotopic (exact) mass is 164 g/mol. The van der Waals surface area contributed by atoms with Gasteiger partial charge in [-0.15, -0.1) is 0 Å². The van der Waals surface area contributed by atoms with Gasteiger partial charge in [0.2, 0.25) is 0 Å². The second-order valence-electron chi connectivity index (χ2n) is 2.94. The smallest absolute Gasteiger partial charge is 0.146 e. The van der Waals surface area contributed by atoms with Gasteiger partial charge in [0.15, 0.2) is 0 Å². The van der Waals surface area contributed by atoms with Gasteiger partial charge in [0.05, 0.1) is 4.75 Å². The van der Waals surface area contributed by atoms with Crippen LogP contribution in [-0.4, -0.2) is 24.9 Å². The van der Waals surface area contributed by atoms with Gasteiger partial charge >= 0.3 is 0 Å². The van der Waals surface area contributed by atoms with Crippen LogP contribution in [-0.2, 0) is 10.7 Å². The molecule has 0 spiro atoms. The van der Waals surface area contributed by atoms with Crippen molar-refractivity contribution in [3.63, 3.8) is 0 Å². The fourth-order valence-electron chi connectivity index (χ4n) is 1.15. The minimum Gasteiger partial charge on any atom is -0.396 e. The summed E-state index contributed by atoms with van der Waals surface area (Å²) in [5, 5.41) is 8.69. The van der Waals surface area contributed by atoms with Crippen LogP contribution >= 0.6 is 0 Å². The number of rotatable bonds is 3. The van der Waals surface area contributed by atoms with Gasteiger partial charge in [-0.1, -0.05) is 6.92 Å². The maximum Gasteiger partial charge on any atom is 0.146 e. The van der Waals surface area contributed by atoms with E-state index in [0.29, 0.717) is 0 Å². The van der Waals surface area contributed by atoms with E-state index in [4.69, 9.17) is 5.11 Å². The molecule has 0 amide bonds. The molecule has 4 heteroatoms. The summed E-state index contributed by atoms with van der Waals surface area (Å²) in [6, 6.07) is 0. The number of aliphatic hydroxyl groups excluding tert-OH is 1. The van der Waals surface area contributed by atoms with Gasteiger partial charge in [-0.3, -0.25) is 0 Å². The molecular weight excluding hydrogens is 152 g/mol. The Morgan fingerprint density at radius 1 is 1.60 bits per heavy atom. The van der Waals surface area contributed by atoms with Gasteiger partial charge in [0.1, 0.15) is 10.7 Å². The lowest BCUT2D eigenvalue weighted by molar-refractivity contribution is 0.228. The molecule has 1 rings (SSSR count). The Hall–Kier alpha value is -0.0900. The minimum atomic E-state index is -2.34. The van der Waals surface area contributed by atoms with E-state index in [9.17, 15) is 8.42 Å². The third-order valence-corrected chi connectivity index (χ3v) is 3.93. The first kappa shape index (κ1) is 8.01. The molecule has 1 unspecified atom stereocenters. The van der Waals surface area contributed by atoms with Crippen LogP contribution < -0.4 is 0 Å². The zero-order valence-electron chi connectivity index (χ0n) is 5.91. The van der Waals surface area contributed by atoms with Crippen molar-refractivity contribution >= 4 is 10.7 Å². The molecule has 0 aromatic rings. The summed E-state index contributed by atoms with van der Waals surface area (Å²) in [7, 11) is -2.34. The first-order chi connectivity index (χ1) is 4.63. The highest BCUT2D eigenvalue weighted by atomic mass is 32.2. The SMILES string of the molecule is CC(CO)C1([SH](=O)=O)CC1. The van der Waals surface area contributed by atoms with E-state index >= 15 is 0 Å². The zero-order chi connectivity index (χ0) is 7.78. The largest absolute Gasteiger partial charge is 0.396 e. The topological polar surface area (TPSA) is 54.4 Å². The molecule has 10 heavy (non-hydrogen) atoms. The van der Waals surface area contributed by atoms with Crippen LogP contribution in [0.1, 0.15) is 19.8 Å². The van der Waals surface area contributed by atoms with Crippen molar-refractivity contribution in [3.8, 4) is 0 Å². The number of aliphatic hydroxyl groups is 1. The Morgan fingerprint density at radius 2 is 2.10 bits per heavy atom. The van der Waals surface area contributed by atoms with E-state index < -0.39 is 15.5 Å². The number of hydrogen-bond donors (Lipinski definition) is 2. The standard InChI is InChI=1S/C6H12O3S/c1-5(4-7)6(2-3-6)10(8)9/h5,7,10H,2-4H2,1H3. The van der Waals surface area contributed by atoms with E-state index in [2.05, 4.69) is 0 Å². The normalized spacial score (nSPS) is 24.7. The second kappa shape index (κ2) is 2.51. The van der Waals surface area contributed by atoms with Gasteiger partial charge in [-0.2, -0.15) is 0 Å². The molecule has 0 aromatic carbocycles. The Labute approximate surface area is 62.0 Å². The number of hydrogen-bond acceptors (Lipinski definition) is 3. The molecule has 0 saturated heterocycles. The van der Waals surface area contributed by atoms with Gasteiger partial charge in [-0.05, 0) is 18.8 Å². The van der Waals surface area contributed by atoms with Gasteiger partial charge < -0.3 is 5.11 Å². The average molecular weight is 164 g/mol. The Morgan fingerprint density at radius 3 is 2.20 bits per heavy atom. The average Bonchev–Trinajstić information content (AvgIpc) is 2.65. The summed E-state index contributed by atoms with van der Waals surface area (Å²) >= 11 is 0. The zero-order valence-corrected chi connectivity index (χ0v) is 6.80. The summed E-state index contributed by atoms with van der Waals surface area (Å²) in [5.41, 5.74) is 0. The first-order valence-electron chi connectivity index (χ1n) is 3.39. The van der Waals surface area contributed by atoms with Crippen molar-refractivity contribution in [1.29, 1.82) is 0 Å². The Kier molecular flexibility index (Phi) is 2.01. The van der Waals surface area contributed by atoms with E-state index in [1.165, 1.54) is 0 Å². The Bertz CT molecular complexity index is 185. The van der Waals surface area contributed by atoms with Crippen LogP contribution in [0.15, 0.2) is 0 Å². The second-order valence-corrected chi connectivity index (χ2v) is 4.35. The van der Waals surface area contributed by atoms with E-state index in [-0.39, 0.29) is 12.5 Å². The lowest BCUT2D eigenvalue weighted by Gasteiger charge is -2.13. The van der Waals surface area contributed by atoms with Crippen LogP contribution in [0, 0.1) is 5.92 Å². The molecule has 1 saturated carbocycles. The van der Waals surface area contributed by atoms with Gasteiger partial charge in [0.25, 0.3) is 0 Å². The summed E-state index contributed by atoms with van der Waals surface area (Å²) in [6.45, 7) is 1.75. The molecule has 1 aliphatic rings. The molecule has 1 N–H and O–H groups in total. The van der Waals surface area contributed by atoms with Crippen molar-refractivity contribution in [3.05, 3.63) is 0 Å². The molecule has 0 aromatic heterocycles. The van der Waals surface area contributed by atoms with E-state index in [0.717, 1.165) is 12.8 Å². The fraction of sp³-hybridized carbons (Fsp3) is 1.00. The van der Waals surface area contributed by atoms with Crippen molar-refractivity contribution in [2.75, 3.05) is 6.61 Å². The highest BCUT2D eigenvalue weighted by Gasteiger charge is 2.50. The summed E-state index contributed by atoms with van der Waals surface area (Å²) < 4.78 is 20.7. The molecule has 0 aliphatic heterocycles. The predicted molar refractivity (Wildman–Crippen MR) is 38.5 cm³/mol. The molecule has 1 fully saturated rings. The van der Waals surface area contributed by atoms with Crippen LogP contribution in [0.2, 0.25) is 0 Å². The third-order valence-electron chi connectivity index (χ3n) is 2.32. The molecular formula is C6H12O3S. The molecule has 0 heterocycles. The maximum absolute atomic E-state index is 10.6. The summed E-state index contributed by atoms with van der Waals surface area (Å²) in [6.07, 6.45) is 1.46. The highest BCUT2D eigenvalue weighted by Crippen LogP contribution is 2.45. The van der Waals surface area contributed by atoms with E-state index in [1.54, 1.807) is 6.92 Å². The third kappa shape index (κ3) is 1.06. The molecule has 0 radical (unpaired) electrons. The molecule has 0 bridgehead atoms. The van der Waals surface area contributed by atoms with Crippen molar-refractivity contribution in [2.45, 2.75) is 24.5 Å². The van der Waals surface area contributed by atoms with Crippen LogP contribution in [0.25, 0.3) is 0 Å². The van der Waals surface area contributed by atoms with Crippen molar-refractivity contribution < 1.29 is 13.5 Å². The van der Waals surface area contributed by atoms with Crippen LogP contribution in [0.5, 0.6) is 0 Å². The van der Waals surface area contributed by atoms with Crippen LogP contribution in [0.3, 0.4) is 0 Å². The summed E-state index contributed by atoms with van der Waals surface area (Å²) in [4.78, 5) is 0. The Balaban J connectivity index is 2.69. The molecule has 1 aliphatic carbocycles. The minimum absolute atomic E-state index is 0.0245. The van der Waals surface area contributed by atoms with Crippen molar-refractivity contribution in [1.82, 2.24) is 0 Å².